The van der Waals surface area contributed by atoms with Crippen molar-refractivity contribution in [2.45, 2.75) is 58.7 Å². The Morgan fingerprint density at radius 2 is 1.83 bits per heavy atom. The summed E-state index contributed by atoms with van der Waals surface area (Å²) in [6, 6.07) is 6.69. The molecule has 0 aliphatic carbocycles. The van der Waals surface area contributed by atoms with Crippen molar-refractivity contribution in [3.8, 4) is 17.6 Å². The van der Waals surface area contributed by atoms with Crippen molar-refractivity contribution < 1.29 is 27.5 Å². The number of carbonyl (C=O) groups is 2. The van der Waals surface area contributed by atoms with Gasteiger partial charge in [-0.15, -0.1) is 0 Å². The third-order valence-corrected chi connectivity index (χ3v) is 7.47. The molecular formula is C29H27ClF3N5O4. The van der Waals surface area contributed by atoms with Crippen molar-refractivity contribution in [2.75, 3.05) is 0 Å². The van der Waals surface area contributed by atoms with E-state index < -0.39 is 75.4 Å². The van der Waals surface area contributed by atoms with E-state index in [9.17, 15) is 32.8 Å². The van der Waals surface area contributed by atoms with Gasteiger partial charge in [0.1, 0.15) is 11.9 Å². The highest BCUT2D eigenvalue weighted by atomic mass is 35.5. The molecule has 1 unspecified atom stereocenters. The Morgan fingerprint density at radius 1 is 1.17 bits per heavy atom. The first-order chi connectivity index (χ1) is 19.7. The molecule has 1 aromatic heterocycles. The number of hydrogen-bond acceptors (Lipinski definition) is 6. The number of H-pyrrole nitrogens is 1. The molecule has 9 nitrogen and oxygen atoms in total. The number of amides is 2. The van der Waals surface area contributed by atoms with Crippen molar-refractivity contribution in [1.82, 2.24) is 20.4 Å². The molecule has 0 saturated carbocycles. The van der Waals surface area contributed by atoms with Crippen molar-refractivity contribution in [3.63, 3.8) is 0 Å². The van der Waals surface area contributed by atoms with E-state index in [1.54, 1.807) is 13.8 Å². The average molecular weight is 602 g/mol. The van der Waals surface area contributed by atoms with Crippen molar-refractivity contribution in [3.05, 3.63) is 86.0 Å². The Hall–Kier alpha value is -4.37. The minimum Gasteiger partial charge on any atom is -0.445 e. The van der Waals surface area contributed by atoms with Crippen LogP contribution in [0.3, 0.4) is 0 Å². The van der Waals surface area contributed by atoms with Crippen molar-refractivity contribution in [1.29, 1.82) is 5.26 Å². The van der Waals surface area contributed by atoms with Crippen LogP contribution < -0.4 is 15.6 Å². The van der Waals surface area contributed by atoms with Crippen LogP contribution in [0.1, 0.15) is 61.3 Å². The molecule has 2 amide bonds. The number of likely N-dealkylation sites (tertiary alicyclic amines) is 1. The predicted molar refractivity (Wildman–Crippen MR) is 146 cm³/mol. The number of carbonyl (C=O) groups excluding carboxylic acids is 2. The number of halogens is 4. The number of nitriles is 1. The molecule has 0 spiro atoms. The number of aryl methyl sites for hydroxylation is 1. The average Bonchev–Trinajstić information content (AvgIpc) is 3.39. The van der Waals surface area contributed by atoms with Gasteiger partial charge in [-0.3, -0.25) is 14.4 Å². The second kappa shape index (κ2) is 11.9. The number of nitrogens with zero attached hydrogens (tertiary/aromatic N) is 3. The van der Waals surface area contributed by atoms with Crippen LogP contribution in [0.5, 0.6) is 11.5 Å². The van der Waals surface area contributed by atoms with Crippen LogP contribution in [0.4, 0.5) is 13.2 Å². The van der Waals surface area contributed by atoms with Gasteiger partial charge in [0, 0.05) is 11.6 Å². The summed E-state index contributed by atoms with van der Waals surface area (Å²) in [5.41, 5.74) is -1.31. The molecule has 1 aliphatic heterocycles. The fourth-order valence-electron chi connectivity index (χ4n) is 4.97. The van der Waals surface area contributed by atoms with Crippen LogP contribution in [0.25, 0.3) is 0 Å². The number of ether oxygens (including phenoxy) is 1. The van der Waals surface area contributed by atoms with Gasteiger partial charge < -0.3 is 15.0 Å². The van der Waals surface area contributed by atoms with E-state index in [4.69, 9.17) is 16.3 Å². The first kappa shape index (κ1) is 30.6. The van der Waals surface area contributed by atoms with Gasteiger partial charge in [-0.05, 0) is 70.4 Å². The van der Waals surface area contributed by atoms with E-state index in [1.807, 2.05) is 0 Å². The summed E-state index contributed by atoms with van der Waals surface area (Å²) in [5, 5.41) is 17.9. The van der Waals surface area contributed by atoms with Gasteiger partial charge >= 0.3 is 5.56 Å². The summed E-state index contributed by atoms with van der Waals surface area (Å²) in [6.45, 7) is 6.33. The lowest BCUT2D eigenvalue weighted by Gasteiger charge is -2.38. The smallest absolute Gasteiger partial charge is 0.307 e. The normalized spacial score (nSPS) is 17.5. The Morgan fingerprint density at radius 3 is 2.45 bits per heavy atom. The maximum absolute atomic E-state index is 14.8. The standard InChI is InChI=1S/C29H27ClF3N5O4/c1-14-9-23(27(40)37-36-14)42-25-20(32)11-17(12-21(25)33)26(39)35-15(2)28(41)38-22(7-8-24(38)29(3,4)13-34)16-5-6-19(31)18(30)10-16/h5-6,9-12,15,22,24H,7-8H2,1-4H3,(H,35,39)(H,37,40)/t15?,22-,24+/m0/s1. The molecule has 0 radical (unpaired) electrons. The minimum atomic E-state index is -1.25. The Bertz CT molecular complexity index is 1630. The van der Waals surface area contributed by atoms with Crippen molar-refractivity contribution >= 4 is 23.4 Å². The van der Waals surface area contributed by atoms with Crippen LogP contribution in [0.2, 0.25) is 5.02 Å². The zero-order chi connectivity index (χ0) is 30.9. The molecule has 1 fully saturated rings. The summed E-state index contributed by atoms with van der Waals surface area (Å²) < 4.78 is 48.6. The fraction of sp³-hybridized carbons (Fsp3) is 0.345. The monoisotopic (exact) mass is 601 g/mol. The van der Waals surface area contributed by atoms with Gasteiger partial charge in [0.15, 0.2) is 23.1 Å². The number of aromatic amines is 1. The third kappa shape index (κ3) is 6.11. The first-order valence-corrected chi connectivity index (χ1v) is 13.3. The maximum atomic E-state index is 14.8. The van der Waals surface area contributed by atoms with Gasteiger partial charge in [0.2, 0.25) is 5.91 Å². The Balaban J connectivity index is 1.57. The Kier molecular flexibility index (Phi) is 8.63. The highest BCUT2D eigenvalue weighted by molar-refractivity contribution is 6.30. The number of nitrogens with one attached hydrogen (secondary N) is 2. The highest BCUT2D eigenvalue weighted by Gasteiger charge is 2.46. The van der Waals surface area contributed by atoms with E-state index in [0.717, 1.165) is 0 Å². The molecule has 3 aromatic rings. The van der Waals surface area contributed by atoms with Crippen LogP contribution in [0, 0.1) is 41.1 Å². The quantitative estimate of drug-likeness (QED) is 0.376. The molecule has 2 aromatic carbocycles. The first-order valence-electron chi connectivity index (χ1n) is 13.0. The molecule has 13 heteroatoms. The molecule has 2 heterocycles. The fourth-order valence-corrected chi connectivity index (χ4v) is 5.16. The zero-order valence-electron chi connectivity index (χ0n) is 23.1. The molecule has 4 rings (SSSR count). The highest BCUT2D eigenvalue weighted by Crippen LogP contribution is 2.44. The zero-order valence-corrected chi connectivity index (χ0v) is 23.9. The van der Waals surface area contributed by atoms with Crippen LogP contribution in [-0.2, 0) is 4.79 Å². The van der Waals surface area contributed by atoms with Gasteiger partial charge in [0.25, 0.3) is 5.91 Å². The van der Waals surface area contributed by atoms with E-state index in [0.29, 0.717) is 36.2 Å². The molecule has 1 aliphatic rings. The molecule has 42 heavy (non-hydrogen) atoms. The summed E-state index contributed by atoms with van der Waals surface area (Å²) >= 11 is 5.99. The van der Waals surface area contributed by atoms with Gasteiger partial charge in [-0.2, -0.15) is 10.4 Å². The lowest BCUT2D eigenvalue weighted by Crippen LogP contribution is -2.52. The van der Waals surface area contributed by atoms with Crippen LogP contribution in [-0.4, -0.2) is 39.0 Å². The molecule has 1 saturated heterocycles. The van der Waals surface area contributed by atoms with Crippen LogP contribution in [0.15, 0.2) is 41.2 Å². The number of rotatable bonds is 7. The summed E-state index contributed by atoms with van der Waals surface area (Å²) in [6.07, 6.45) is 0.923. The topological polar surface area (TPSA) is 128 Å². The third-order valence-electron chi connectivity index (χ3n) is 7.18. The van der Waals surface area contributed by atoms with E-state index >= 15 is 0 Å². The minimum absolute atomic E-state index is 0.121. The number of hydrogen-bond donors (Lipinski definition) is 2. The second-order valence-corrected chi connectivity index (χ2v) is 11.0. The molecule has 2 N–H and O–H groups in total. The number of aromatic nitrogens is 2. The maximum Gasteiger partial charge on any atom is 0.307 e. The van der Waals surface area contributed by atoms with Gasteiger partial charge in [-0.25, -0.2) is 18.3 Å². The Labute approximate surface area is 244 Å². The summed E-state index contributed by atoms with van der Waals surface area (Å²) in [5.74, 6) is -5.92. The SMILES string of the molecule is Cc1cc(Oc2c(F)cc(C(=O)NC(C)C(=O)N3[C@H](c4ccc(F)c(Cl)c4)CC[C@@H]3C(C)(C)C#N)cc2F)c(=O)[nH]n1. The lowest BCUT2D eigenvalue weighted by molar-refractivity contribution is -0.137. The molecule has 3 atom stereocenters. The molecule has 220 valence electrons. The number of benzene rings is 2. The lowest BCUT2D eigenvalue weighted by atomic mass is 9.84. The molecular weight excluding hydrogens is 575 g/mol. The van der Waals surface area contributed by atoms with E-state index in [1.165, 1.54) is 43.0 Å². The largest absolute Gasteiger partial charge is 0.445 e. The van der Waals surface area contributed by atoms with E-state index in [2.05, 4.69) is 21.6 Å². The van der Waals surface area contributed by atoms with Gasteiger partial charge in [-0.1, -0.05) is 17.7 Å². The summed E-state index contributed by atoms with van der Waals surface area (Å²) in [7, 11) is 0. The van der Waals surface area contributed by atoms with Crippen LogP contribution >= 0.6 is 11.6 Å². The van der Waals surface area contributed by atoms with Gasteiger partial charge in [0.05, 0.1) is 34.3 Å². The van der Waals surface area contributed by atoms with E-state index in [-0.39, 0.29) is 5.02 Å². The summed E-state index contributed by atoms with van der Waals surface area (Å²) in [4.78, 5) is 40.1. The van der Waals surface area contributed by atoms with Crippen molar-refractivity contribution in [2.24, 2.45) is 5.41 Å². The molecule has 0 bridgehead atoms. The second-order valence-electron chi connectivity index (χ2n) is 10.6. The predicted octanol–water partition coefficient (Wildman–Crippen LogP) is 5.34.